The third kappa shape index (κ3) is 4.43. The SMILES string of the molecule is CO[C@H]1C[C@@]2(C)[C@@H](CCC[C@@H]3CC[C@H](C(=O)Cn4nccn4)[C@@]3(C)CC[C@H]2C=N)C[C@@]1(C)O. The molecule has 7 heteroatoms. The van der Waals surface area contributed by atoms with Crippen LogP contribution in [-0.4, -0.2) is 50.9 Å². The summed E-state index contributed by atoms with van der Waals surface area (Å²) in [5, 5.41) is 27.7. The van der Waals surface area contributed by atoms with Gasteiger partial charge >= 0.3 is 0 Å². The minimum atomic E-state index is -0.824. The van der Waals surface area contributed by atoms with Crippen LogP contribution in [0.1, 0.15) is 78.6 Å². The van der Waals surface area contributed by atoms with Crippen molar-refractivity contribution in [3.8, 4) is 0 Å². The fourth-order valence-corrected chi connectivity index (χ4v) is 7.82. The third-order valence-corrected chi connectivity index (χ3v) is 10.0. The van der Waals surface area contributed by atoms with Crippen molar-refractivity contribution in [2.75, 3.05) is 7.11 Å². The van der Waals surface area contributed by atoms with Crippen molar-refractivity contribution >= 4 is 12.0 Å². The zero-order chi connectivity index (χ0) is 23.9. The second-order valence-corrected chi connectivity index (χ2v) is 11.8. The molecule has 4 rings (SSSR count). The molecule has 2 N–H and O–H groups in total. The van der Waals surface area contributed by atoms with Crippen LogP contribution in [0.4, 0.5) is 0 Å². The zero-order valence-corrected chi connectivity index (χ0v) is 20.8. The number of nitrogens with zero attached hydrogens (tertiary/aromatic N) is 3. The van der Waals surface area contributed by atoms with Crippen molar-refractivity contribution in [3.63, 3.8) is 0 Å². The zero-order valence-electron chi connectivity index (χ0n) is 20.8. The van der Waals surface area contributed by atoms with Crippen LogP contribution in [0.25, 0.3) is 0 Å². The highest BCUT2D eigenvalue weighted by Gasteiger charge is 2.55. The number of Topliss-reactive ketones (excluding diaryl/α,β-unsaturated/α-hetero) is 1. The first-order valence-corrected chi connectivity index (χ1v) is 12.8. The fraction of sp³-hybridized carbons (Fsp3) is 0.846. The molecule has 33 heavy (non-hydrogen) atoms. The molecule has 1 heterocycles. The second kappa shape index (κ2) is 9.21. The molecule has 0 aliphatic heterocycles. The van der Waals surface area contributed by atoms with Crippen LogP contribution in [0.3, 0.4) is 0 Å². The Morgan fingerprint density at radius 2 is 1.79 bits per heavy atom. The quantitative estimate of drug-likeness (QED) is 0.641. The number of hydrogen-bond donors (Lipinski definition) is 2. The molecular formula is C26H42N4O3. The number of aliphatic hydroxyl groups is 1. The lowest BCUT2D eigenvalue weighted by Crippen LogP contribution is -2.55. The van der Waals surface area contributed by atoms with Crippen molar-refractivity contribution in [1.82, 2.24) is 15.0 Å². The maximum absolute atomic E-state index is 13.3. The van der Waals surface area contributed by atoms with E-state index >= 15 is 0 Å². The Hall–Kier alpha value is -1.60. The van der Waals surface area contributed by atoms with Gasteiger partial charge in [-0.3, -0.25) is 4.79 Å². The first-order chi connectivity index (χ1) is 15.6. The molecule has 0 radical (unpaired) electrons. The number of hydrogen-bond acceptors (Lipinski definition) is 6. The van der Waals surface area contributed by atoms with Crippen LogP contribution in [0, 0.1) is 39.9 Å². The van der Waals surface area contributed by atoms with Gasteiger partial charge in [-0.05, 0) is 93.1 Å². The summed E-state index contributed by atoms with van der Waals surface area (Å²) in [4.78, 5) is 14.8. The number of ether oxygens (including phenoxy) is 1. The predicted molar refractivity (Wildman–Crippen MR) is 127 cm³/mol. The van der Waals surface area contributed by atoms with Gasteiger partial charge in [0.05, 0.1) is 24.1 Å². The van der Waals surface area contributed by atoms with Gasteiger partial charge in [-0.15, -0.1) is 0 Å². The summed E-state index contributed by atoms with van der Waals surface area (Å²) >= 11 is 0. The standard InChI is InChI=1S/C26H42N4O3/c1-24-11-10-20(16-27)25(2)15-23(33-4)26(3,32)14-19(25)7-5-6-18(24)8-9-21(24)22(31)17-30-28-12-13-29-30/h12-13,16,18-21,23,27,32H,5-11,14-15,17H2,1-4H3/t18-,19+,20+,21-,23+,24+,25+,26-/m1/s1. The van der Waals surface area contributed by atoms with Crippen molar-refractivity contribution in [2.24, 2.45) is 34.5 Å². The number of rotatable bonds is 5. The number of nitrogens with one attached hydrogen (secondary N) is 1. The Morgan fingerprint density at radius 3 is 2.45 bits per heavy atom. The molecule has 0 unspecified atom stereocenters. The molecule has 0 aromatic carbocycles. The summed E-state index contributed by atoms with van der Waals surface area (Å²) in [5.41, 5.74) is -0.948. The maximum Gasteiger partial charge on any atom is 0.159 e. The van der Waals surface area contributed by atoms with Crippen LogP contribution in [0.15, 0.2) is 12.4 Å². The largest absolute Gasteiger partial charge is 0.387 e. The van der Waals surface area contributed by atoms with E-state index in [-0.39, 0.29) is 41.1 Å². The Bertz CT molecular complexity index is 841. The molecule has 1 aromatic rings. The van der Waals surface area contributed by atoms with Gasteiger partial charge in [-0.2, -0.15) is 15.0 Å². The van der Waals surface area contributed by atoms with Gasteiger partial charge in [0.1, 0.15) is 6.54 Å². The smallest absolute Gasteiger partial charge is 0.159 e. The summed E-state index contributed by atoms with van der Waals surface area (Å²) < 4.78 is 5.75. The van der Waals surface area contributed by atoms with Crippen molar-refractivity contribution < 1.29 is 14.6 Å². The van der Waals surface area contributed by atoms with Gasteiger partial charge in [0, 0.05) is 13.0 Å². The van der Waals surface area contributed by atoms with Gasteiger partial charge in [0.2, 0.25) is 0 Å². The van der Waals surface area contributed by atoms with E-state index in [4.69, 9.17) is 10.1 Å². The summed E-state index contributed by atoms with van der Waals surface area (Å²) in [6, 6.07) is 0. The first kappa shape index (κ1) is 24.5. The fourth-order valence-electron chi connectivity index (χ4n) is 7.82. The molecule has 0 bridgehead atoms. The molecule has 0 spiro atoms. The molecule has 3 aliphatic rings. The highest BCUT2D eigenvalue weighted by Crippen LogP contribution is 2.58. The Labute approximate surface area is 198 Å². The minimum Gasteiger partial charge on any atom is -0.387 e. The number of ketones is 1. The lowest BCUT2D eigenvalue weighted by Gasteiger charge is -2.54. The Morgan fingerprint density at radius 1 is 1.09 bits per heavy atom. The van der Waals surface area contributed by atoms with E-state index < -0.39 is 5.60 Å². The molecule has 3 aliphatic carbocycles. The highest BCUT2D eigenvalue weighted by atomic mass is 16.5. The molecular weight excluding hydrogens is 416 g/mol. The lowest BCUT2D eigenvalue weighted by atomic mass is 9.53. The van der Waals surface area contributed by atoms with E-state index in [1.54, 1.807) is 25.7 Å². The average molecular weight is 459 g/mol. The predicted octanol–water partition coefficient (Wildman–Crippen LogP) is 4.29. The monoisotopic (exact) mass is 458 g/mol. The van der Waals surface area contributed by atoms with Crippen LogP contribution in [-0.2, 0) is 16.1 Å². The molecule has 0 saturated heterocycles. The second-order valence-electron chi connectivity index (χ2n) is 11.8. The summed E-state index contributed by atoms with van der Waals surface area (Å²) in [6.45, 7) is 6.81. The third-order valence-electron chi connectivity index (χ3n) is 10.0. The van der Waals surface area contributed by atoms with Crippen LogP contribution < -0.4 is 0 Å². The number of aromatic nitrogens is 3. The number of fused-ring (bicyclic) bond motifs is 2. The normalized spacial score (nSPS) is 44.0. The van der Waals surface area contributed by atoms with E-state index in [9.17, 15) is 9.90 Å². The Kier molecular flexibility index (Phi) is 6.85. The van der Waals surface area contributed by atoms with Gasteiger partial charge < -0.3 is 15.3 Å². The van der Waals surface area contributed by atoms with Crippen molar-refractivity contribution in [2.45, 2.75) is 96.8 Å². The molecule has 0 amide bonds. The summed E-state index contributed by atoms with van der Waals surface area (Å²) in [5.74, 6) is 1.30. The van der Waals surface area contributed by atoms with E-state index in [1.165, 1.54) is 4.80 Å². The van der Waals surface area contributed by atoms with Crippen molar-refractivity contribution in [1.29, 1.82) is 5.41 Å². The van der Waals surface area contributed by atoms with E-state index in [2.05, 4.69) is 24.0 Å². The van der Waals surface area contributed by atoms with Crippen molar-refractivity contribution in [3.05, 3.63) is 12.4 Å². The van der Waals surface area contributed by atoms with Gasteiger partial charge in [-0.1, -0.05) is 20.3 Å². The van der Waals surface area contributed by atoms with Crippen LogP contribution in [0.5, 0.6) is 0 Å². The van der Waals surface area contributed by atoms with E-state index in [0.717, 1.165) is 57.8 Å². The Balaban J connectivity index is 1.58. The first-order valence-electron chi connectivity index (χ1n) is 12.8. The topological polar surface area (TPSA) is 101 Å². The average Bonchev–Trinajstić information content (AvgIpc) is 3.38. The van der Waals surface area contributed by atoms with Gasteiger partial charge in [0.15, 0.2) is 5.78 Å². The van der Waals surface area contributed by atoms with E-state index in [0.29, 0.717) is 11.8 Å². The molecule has 3 saturated carbocycles. The van der Waals surface area contributed by atoms with Crippen LogP contribution >= 0.6 is 0 Å². The minimum absolute atomic E-state index is 0.0294. The van der Waals surface area contributed by atoms with E-state index in [1.807, 2.05) is 6.92 Å². The number of carbonyl (C=O) groups excluding carboxylic acids is 1. The number of methoxy groups -OCH3 is 1. The molecule has 184 valence electrons. The van der Waals surface area contributed by atoms with Gasteiger partial charge in [0.25, 0.3) is 0 Å². The molecule has 3 fully saturated rings. The summed E-state index contributed by atoms with van der Waals surface area (Å²) in [6.07, 6.45) is 13.4. The van der Waals surface area contributed by atoms with Crippen LogP contribution in [0.2, 0.25) is 0 Å². The molecule has 1 aromatic heterocycles. The maximum atomic E-state index is 13.3. The highest BCUT2D eigenvalue weighted by molar-refractivity contribution is 5.81. The molecule has 8 atom stereocenters. The summed E-state index contributed by atoms with van der Waals surface area (Å²) in [7, 11) is 1.69. The molecule has 7 nitrogen and oxygen atoms in total. The number of carbonyl (C=O) groups is 1. The van der Waals surface area contributed by atoms with Gasteiger partial charge in [-0.25, -0.2) is 0 Å². The lowest BCUT2D eigenvalue weighted by molar-refractivity contribution is -0.163.